The molecule has 0 aliphatic carbocycles. The molecule has 0 bridgehead atoms. The van der Waals surface area contributed by atoms with Gasteiger partial charge in [-0.05, 0) is 44.4 Å². The Hall–Kier alpha value is -1.84. The summed E-state index contributed by atoms with van der Waals surface area (Å²) in [6.07, 6.45) is 3.35. The number of aryl methyl sites for hydroxylation is 2. The molecule has 1 aromatic carbocycles. The van der Waals surface area contributed by atoms with Crippen molar-refractivity contribution in [2.45, 2.75) is 52.5 Å². The quantitative estimate of drug-likeness (QED) is 0.850. The average molecular weight is 273 g/mol. The number of hydrogen-bond acceptors (Lipinski definition) is 2. The van der Waals surface area contributed by atoms with E-state index in [1.165, 1.54) is 5.56 Å². The van der Waals surface area contributed by atoms with Crippen molar-refractivity contribution >= 4 is 16.9 Å². The van der Waals surface area contributed by atoms with E-state index in [9.17, 15) is 4.79 Å². The van der Waals surface area contributed by atoms with Gasteiger partial charge in [-0.1, -0.05) is 13.0 Å². The van der Waals surface area contributed by atoms with E-state index in [0.29, 0.717) is 6.42 Å². The smallest absolute Gasteiger partial charge is 0.220 e. The summed E-state index contributed by atoms with van der Waals surface area (Å²) in [7, 11) is 0. The fraction of sp³-hybridized carbons (Fsp3) is 0.500. The third-order valence-corrected chi connectivity index (χ3v) is 3.17. The van der Waals surface area contributed by atoms with Crippen LogP contribution in [0.1, 0.15) is 45.0 Å². The van der Waals surface area contributed by atoms with E-state index in [1.54, 1.807) is 0 Å². The molecule has 0 saturated carbocycles. The second-order valence-corrected chi connectivity index (χ2v) is 5.51. The normalized spacial score (nSPS) is 11.2. The van der Waals surface area contributed by atoms with Crippen LogP contribution in [0.15, 0.2) is 18.2 Å². The zero-order chi connectivity index (χ0) is 14.5. The molecule has 1 heterocycles. The molecule has 1 aromatic heterocycles. The van der Waals surface area contributed by atoms with Crippen LogP contribution >= 0.6 is 0 Å². The molecule has 108 valence electrons. The summed E-state index contributed by atoms with van der Waals surface area (Å²) in [5, 5.41) is 2.91. The van der Waals surface area contributed by atoms with Gasteiger partial charge in [0.15, 0.2) is 0 Å². The van der Waals surface area contributed by atoms with Gasteiger partial charge in [-0.2, -0.15) is 0 Å². The third-order valence-electron chi connectivity index (χ3n) is 3.17. The van der Waals surface area contributed by atoms with Crippen LogP contribution < -0.4 is 5.32 Å². The van der Waals surface area contributed by atoms with Gasteiger partial charge in [0.25, 0.3) is 0 Å². The van der Waals surface area contributed by atoms with Crippen molar-refractivity contribution in [3.63, 3.8) is 0 Å². The number of fused-ring (bicyclic) bond motifs is 1. The van der Waals surface area contributed by atoms with Gasteiger partial charge in [0.1, 0.15) is 5.82 Å². The van der Waals surface area contributed by atoms with Crippen LogP contribution in [0, 0.1) is 0 Å². The Kier molecular flexibility index (Phi) is 4.77. The van der Waals surface area contributed by atoms with Crippen LogP contribution in [0.2, 0.25) is 0 Å². The van der Waals surface area contributed by atoms with Crippen molar-refractivity contribution in [3.05, 3.63) is 29.6 Å². The highest BCUT2D eigenvalue weighted by Gasteiger charge is 2.06. The number of nitrogens with zero attached hydrogens (tertiary/aromatic N) is 1. The number of carbonyl (C=O) groups is 1. The lowest BCUT2D eigenvalue weighted by Gasteiger charge is -2.07. The maximum absolute atomic E-state index is 11.6. The number of benzene rings is 1. The molecule has 20 heavy (non-hydrogen) atoms. The highest BCUT2D eigenvalue weighted by molar-refractivity contribution is 5.78. The van der Waals surface area contributed by atoms with Gasteiger partial charge < -0.3 is 10.3 Å². The van der Waals surface area contributed by atoms with Gasteiger partial charge in [0, 0.05) is 18.9 Å². The van der Waals surface area contributed by atoms with Gasteiger partial charge in [-0.25, -0.2) is 4.98 Å². The number of hydrogen-bond donors (Lipinski definition) is 2. The van der Waals surface area contributed by atoms with Gasteiger partial charge >= 0.3 is 0 Å². The monoisotopic (exact) mass is 273 g/mol. The largest absolute Gasteiger partial charge is 0.354 e. The Bertz CT molecular complexity index is 586. The Morgan fingerprint density at radius 2 is 2.15 bits per heavy atom. The van der Waals surface area contributed by atoms with E-state index < -0.39 is 0 Å². The van der Waals surface area contributed by atoms with Crippen LogP contribution in [0.4, 0.5) is 0 Å². The molecule has 0 aliphatic heterocycles. The maximum atomic E-state index is 11.6. The molecule has 0 saturated heterocycles. The lowest BCUT2D eigenvalue weighted by atomic mass is 10.1. The zero-order valence-corrected chi connectivity index (χ0v) is 12.5. The minimum absolute atomic E-state index is 0.108. The highest BCUT2D eigenvalue weighted by atomic mass is 16.1. The van der Waals surface area contributed by atoms with Crippen molar-refractivity contribution in [3.8, 4) is 0 Å². The number of carbonyl (C=O) groups excluding carboxylic acids is 1. The Morgan fingerprint density at radius 1 is 1.35 bits per heavy atom. The molecule has 0 atom stereocenters. The van der Waals surface area contributed by atoms with E-state index >= 15 is 0 Å². The number of amides is 1. The Morgan fingerprint density at radius 3 is 2.85 bits per heavy atom. The van der Waals surface area contributed by atoms with Crippen molar-refractivity contribution in [2.75, 3.05) is 0 Å². The molecule has 2 N–H and O–H groups in total. The summed E-state index contributed by atoms with van der Waals surface area (Å²) in [5.41, 5.74) is 3.24. The molecular weight excluding hydrogens is 250 g/mol. The van der Waals surface area contributed by atoms with Crippen LogP contribution in [-0.2, 0) is 17.6 Å². The van der Waals surface area contributed by atoms with Gasteiger partial charge in [-0.15, -0.1) is 0 Å². The van der Waals surface area contributed by atoms with Crippen molar-refractivity contribution in [1.29, 1.82) is 0 Å². The standard InChI is InChI=1S/C16H23N3O/c1-4-5-15-18-13-8-6-12(10-14(13)19-15)7-9-16(20)17-11(2)3/h6,8,10-11H,4-5,7,9H2,1-3H3,(H,17,20)(H,18,19). The third kappa shape index (κ3) is 3.83. The van der Waals surface area contributed by atoms with Crippen molar-refractivity contribution in [2.24, 2.45) is 0 Å². The van der Waals surface area contributed by atoms with E-state index in [0.717, 1.165) is 36.1 Å². The summed E-state index contributed by atoms with van der Waals surface area (Å²) < 4.78 is 0. The maximum Gasteiger partial charge on any atom is 0.220 e. The molecule has 0 unspecified atom stereocenters. The van der Waals surface area contributed by atoms with E-state index in [2.05, 4.69) is 34.3 Å². The predicted octanol–water partition coefficient (Wildman–Crippen LogP) is 2.97. The fourth-order valence-corrected chi connectivity index (χ4v) is 2.27. The molecule has 2 rings (SSSR count). The summed E-state index contributed by atoms with van der Waals surface area (Å²) in [6, 6.07) is 6.39. The van der Waals surface area contributed by atoms with Crippen molar-refractivity contribution in [1.82, 2.24) is 15.3 Å². The van der Waals surface area contributed by atoms with Gasteiger partial charge in [0.05, 0.1) is 11.0 Å². The molecular formula is C16H23N3O. The SMILES string of the molecule is CCCc1nc2ccc(CCC(=O)NC(C)C)cc2[nH]1. The van der Waals surface area contributed by atoms with Crippen LogP contribution in [0.3, 0.4) is 0 Å². The number of rotatable bonds is 6. The summed E-state index contributed by atoms with van der Waals surface area (Å²) in [6.45, 7) is 6.10. The van der Waals surface area contributed by atoms with Crippen LogP contribution in [0.25, 0.3) is 11.0 Å². The minimum Gasteiger partial charge on any atom is -0.354 e. The molecule has 1 amide bonds. The molecule has 4 nitrogen and oxygen atoms in total. The number of imidazole rings is 1. The first kappa shape index (κ1) is 14.6. The second kappa shape index (κ2) is 6.55. The summed E-state index contributed by atoms with van der Waals surface area (Å²) >= 11 is 0. The first-order valence-electron chi connectivity index (χ1n) is 7.35. The first-order chi connectivity index (χ1) is 9.58. The van der Waals surface area contributed by atoms with Gasteiger partial charge in [0.2, 0.25) is 5.91 Å². The lowest BCUT2D eigenvalue weighted by Crippen LogP contribution is -2.30. The predicted molar refractivity (Wildman–Crippen MR) is 81.7 cm³/mol. The average Bonchev–Trinajstić information content (AvgIpc) is 2.77. The van der Waals surface area contributed by atoms with Crippen LogP contribution in [0.5, 0.6) is 0 Å². The van der Waals surface area contributed by atoms with E-state index in [1.807, 2.05) is 19.9 Å². The highest BCUT2D eigenvalue weighted by Crippen LogP contribution is 2.15. The van der Waals surface area contributed by atoms with Gasteiger partial charge in [-0.3, -0.25) is 4.79 Å². The number of aromatic nitrogens is 2. The van der Waals surface area contributed by atoms with Crippen LogP contribution in [-0.4, -0.2) is 21.9 Å². The Balaban J connectivity index is 2.02. The Labute approximate surface area is 120 Å². The number of nitrogens with one attached hydrogen (secondary N) is 2. The second-order valence-electron chi connectivity index (χ2n) is 5.51. The summed E-state index contributed by atoms with van der Waals surface area (Å²) in [4.78, 5) is 19.5. The molecule has 4 heteroatoms. The summed E-state index contributed by atoms with van der Waals surface area (Å²) in [5.74, 6) is 1.15. The fourth-order valence-electron chi connectivity index (χ4n) is 2.27. The lowest BCUT2D eigenvalue weighted by molar-refractivity contribution is -0.121. The molecule has 0 spiro atoms. The molecule has 0 radical (unpaired) electrons. The number of aromatic amines is 1. The van der Waals surface area contributed by atoms with Crippen molar-refractivity contribution < 1.29 is 4.79 Å². The zero-order valence-electron chi connectivity index (χ0n) is 12.5. The first-order valence-corrected chi connectivity index (χ1v) is 7.35. The molecule has 0 aliphatic rings. The topological polar surface area (TPSA) is 57.8 Å². The molecule has 0 fully saturated rings. The minimum atomic E-state index is 0.108. The van der Waals surface area contributed by atoms with E-state index in [-0.39, 0.29) is 11.9 Å². The molecule has 2 aromatic rings. The van der Waals surface area contributed by atoms with E-state index in [4.69, 9.17) is 0 Å². The number of H-pyrrole nitrogens is 1.